The van der Waals surface area contributed by atoms with Gasteiger partial charge in [0, 0.05) is 35.7 Å². The van der Waals surface area contributed by atoms with Gasteiger partial charge >= 0.3 is 0 Å². The van der Waals surface area contributed by atoms with Crippen molar-refractivity contribution in [1.29, 1.82) is 0 Å². The molecular formula is C27H30N2O6. The Bertz CT molecular complexity index is 1270. The number of ether oxygens (including phenoxy) is 5. The Morgan fingerprint density at radius 1 is 1.03 bits per heavy atom. The molecule has 0 spiro atoms. The Balaban J connectivity index is 1.58. The maximum absolute atomic E-state index is 13.1. The third kappa shape index (κ3) is 4.34. The average molecular weight is 479 g/mol. The number of amides is 1. The lowest BCUT2D eigenvalue weighted by molar-refractivity contribution is -0.141. The van der Waals surface area contributed by atoms with Gasteiger partial charge in [0.2, 0.25) is 0 Å². The van der Waals surface area contributed by atoms with Crippen molar-refractivity contribution in [2.45, 2.75) is 32.4 Å². The molecule has 0 radical (unpaired) electrons. The summed E-state index contributed by atoms with van der Waals surface area (Å²) in [5.74, 6) is 2.65. The first-order valence-electron chi connectivity index (χ1n) is 11.8. The topological polar surface area (TPSA) is 79.4 Å². The van der Waals surface area contributed by atoms with Gasteiger partial charge in [0.1, 0.15) is 29.7 Å². The number of nitrogens with zero attached hydrogens (tertiary/aromatic N) is 2. The zero-order chi connectivity index (χ0) is 24.5. The van der Waals surface area contributed by atoms with Crippen molar-refractivity contribution in [2.75, 3.05) is 41.1 Å². The number of hydrogen-bond donors (Lipinski definition) is 0. The van der Waals surface area contributed by atoms with Crippen LogP contribution in [0.3, 0.4) is 0 Å². The van der Waals surface area contributed by atoms with Gasteiger partial charge in [0.15, 0.2) is 11.5 Å². The number of hydrogen-bond acceptors (Lipinski definition) is 7. The van der Waals surface area contributed by atoms with Gasteiger partial charge in [-0.05, 0) is 49.6 Å². The predicted octanol–water partition coefficient (Wildman–Crippen LogP) is 4.14. The second kappa shape index (κ2) is 9.62. The zero-order valence-electron chi connectivity index (χ0n) is 20.6. The Morgan fingerprint density at radius 2 is 1.86 bits per heavy atom. The quantitative estimate of drug-likeness (QED) is 0.545. The van der Waals surface area contributed by atoms with E-state index in [1.54, 1.807) is 21.3 Å². The Labute approximate surface area is 204 Å². The van der Waals surface area contributed by atoms with Gasteiger partial charge in [-0.2, -0.15) is 0 Å². The molecule has 2 aromatic carbocycles. The van der Waals surface area contributed by atoms with E-state index in [2.05, 4.69) is 0 Å². The number of carbonyl (C=O) groups is 1. The van der Waals surface area contributed by atoms with Crippen LogP contribution in [-0.2, 0) is 16.1 Å². The summed E-state index contributed by atoms with van der Waals surface area (Å²) < 4.78 is 28.4. The number of rotatable bonds is 5. The smallest absolute Gasteiger partial charge is 0.252 e. The second-order valence-electron chi connectivity index (χ2n) is 8.83. The van der Waals surface area contributed by atoms with Crippen molar-refractivity contribution in [2.24, 2.45) is 0 Å². The van der Waals surface area contributed by atoms with Gasteiger partial charge in [-0.3, -0.25) is 4.79 Å². The highest BCUT2D eigenvalue weighted by molar-refractivity contribution is 5.91. The lowest BCUT2D eigenvalue weighted by Gasteiger charge is -2.23. The second-order valence-corrected chi connectivity index (χ2v) is 8.83. The van der Waals surface area contributed by atoms with Crippen LogP contribution < -0.4 is 18.9 Å². The van der Waals surface area contributed by atoms with E-state index in [-0.39, 0.29) is 12.0 Å². The molecule has 0 N–H and O–H groups in total. The number of aromatic nitrogens is 1. The summed E-state index contributed by atoms with van der Waals surface area (Å²) in [5, 5.41) is 0.961. The van der Waals surface area contributed by atoms with E-state index < -0.39 is 0 Å². The molecule has 1 fully saturated rings. The van der Waals surface area contributed by atoms with E-state index in [4.69, 9.17) is 28.7 Å². The minimum absolute atomic E-state index is 0.0154. The summed E-state index contributed by atoms with van der Waals surface area (Å²) in [5.41, 5.74) is 4.33. The van der Waals surface area contributed by atoms with Gasteiger partial charge in [-0.15, -0.1) is 0 Å². The first-order valence-corrected chi connectivity index (χ1v) is 11.8. The third-order valence-corrected chi connectivity index (χ3v) is 6.65. The van der Waals surface area contributed by atoms with Gasteiger partial charge in [-0.1, -0.05) is 0 Å². The molecule has 5 rings (SSSR count). The molecule has 8 nitrogen and oxygen atoms in total. The van der Waals surface area contributed by atoms with Crippen molar-refractivity contribution >= 4 is 16.8 Å². The summed E-state index contributed by atoms with van der Waals surface area (Å²) in [6.07, 6.45) is 1.31. The molecule has 0 bridgehead atoms. The maximum Gasteiger partial charge on any atom is 0.252 e. The molecule has 2 aliphatic rings. The number of carbonyl (C=O) groups excluding carboxylic acids is 1. The SMILES string of the molecule is COc1cc(OC)c2nc(-c3cc4c(c(OC)c3)OCCN(C(=O)[C@H]3CCCO3)C4)cc(C)c2c1. The van der Waals surface area contributed by atoms with Crippen LogP contribution in [0.1, 0.15) is 24.0 Å². The largest absolute Gasteiger partial charge is 0.497 e. The summed E-state index contributed by atoms with van der Waals surface area (Å²) in [6.45, 7) is 3.99. The Kier molecular flexibility index (Phi) is 6.38. The molecule has 3 heterocycles. The normalized spacial score (nSPS) is 17.5. The summed E-state index contributed by atoms with van der Waals surface area (Å²) in [6, 6.07) is 9.79. The fourth-order valence-corrected chi connectivity index (χ4v) is 4.80. The van der Waals surface area contributed by atoms with Gasteiger partial charge in [0.25, 0.3) is 5.91 Å². The number of fused-ring (bicyclic) bond motifs is 2. The van der Waals surface area contributed by atoms with E-state index in [1.165, 1.54) is 0 Å². The molecular weight excluding hydrogens is 448 g/mol. The highest BCUT2D eigenvalue weighted by Crippen LogP contribution is 2.40. The van der Waals surface area contributed by atoms with Crippen LogP contribution in [0, 0.1) is 6.92 Å². The van der Waals surface area contributed by atoms with Crippen LogP contribution in [0.5, 0.6) is 23.0 Å². The molecule has 1 aromatic heterocycles. The number of pyridine rings is 1. The predicted molar refractivity (Wildman–Crippen MR) is 131 cm³/mol. The van der Waals surface area contributed by atoms with Crippen molar-refractivity contribution in [3.05, 3.63) is 41.5 Å². The van der Waals surface area contributed by atoms with E-state index >= 15 is 0 Å². The molecule has 0 saturated carbocycles. The lowest BCUT2D eigenvalue weighted by atomic mass is 10.0. The molecule has 1 atom stereocenters. The van der Waals surface area contributed by atoms with E-state index in [9.17, 15) is 4.79 Å². The molecule has 8 heteroatoms. The molecule has 0 unspecified atom stereocenters. The number of aryl methyl sites for hydroxylation is 1. The minimum Gasteiger partial charge on any atom is -0.497 e. The summed E-state index contributed by atoms with van der Waals surface area (Å²) in [7, 11) is 4.88. The van der Waals surface area contributed by atoms with Gasteiger partial charge in [0.05, 0.1) is 33.6 Å². The van der Waals surface area contributed by atoms with Gasteiger partial charge in [-0.25, -0.2) is 4.98 Å². The zero-order valence-corrected chi connectivity index (χ0v) is 20.6. The molecule has 1 amide bonds. The Morgan fingerprint density at radius 3 is 2.57 bits per heavy atom. The maximum atomic E-state index is 13.1. The van der Waals surface area contributed by atoms with Crippen LogP contribution in [0.15, 0.2) is 30.3 Å². The van der Waals surface area contributed by atoms with Crippen molar-refractivity contribution < 1.29 is 28.5 Å². The molecule has 0 aliphatic carbocycles. The number of benzene rings is 2. The summed E-state index contributed by atoms with van der Waals surface area (Å²) in [4.78, 5) is 19.8. The van der Waals surface area contributed by atoms with E-state index in [0.29, 0.717) is 49.3 Å². The van der Waals surface area contributed by atoms with Crippen LogP contribution in [0.2, 0.25) is 0 Å². The van der Waals surface area contributed by atoms with Crippen molar-refractivity contribution in [3.8, 4) is 34.3 Å². The molecule has 35 heavy (non-hydrogen) atoms. The van der Waals surface area contributed by atoms with Crippen LogP contribution >= 0.6 is 0 Å². The fraction of sp³-hybridized carbons (Fsp3) is 0.407. The highest BCUT2D eigenvalue weighted by atomic mass is 16.5. The third-order valence-electron chi connectivity index (χ3n) is 6.65. The average Bonchev–Trinajstić information content (AvgIpc) is 3.33. The molecule has 184 valence electrons. The highest BCUT2D eigenvalue weighted by Gasteiger charge is 2.31. The minimum atomic E-state index is -0.365. The lowest BCUT2D eigenvalue weighted by Crippen LogP contribution is -2.39. The van der Waals surface area contributed by atoms with Crippen molar-refractivity contribution in [1.82, 2.24) is 9.88 Å². The number of methoxy groups -OCH3 is 3. The van der Waals surface area contributed by atoms with E-state index in [0.717, 1.165) is 46.1 Å². The molecule has 3 aromatic rings. The molecule has 1 saturated heterocycles. The molecule has 2 aliphatic heterocycles. The van der Waals surface area contributed by atoms with Crippen molar-refractivity contribution in [3.63, 3.8) is 0 Å². The van der Waals surface area contributed by atoms with Crippen LogP contribution in [0.25, 0.3) is 22.2 Å². The first kappa shape index (κ1) is 23.2. The van der Waals surface area contributed by atoms with Gasteiger partial charge < -0.3 is 28.6 Å². The standard InChI is InChI=1S/C27H30N2O6/c1-16-10-21(28-25-20(16)13-19(31-2)14-23(25)32-3)17-11-18-15-29(27(30)22-6-5-8-34-22)7-9-35-26(18)24(12-17)33-4/h10-14,22H,5-9,15H2,1-4H3/t22-/m1/s1. The van der Waals surface area contributed by atoms with Crippen LogP contribution in [-0.4, -0.2) is 63.0 Å². The Hall–Kier alpha value is -3.52. The first-order chi connectivity index (χ1) is 17.0. The van der Waals surface area contributed by atoms with Crippen LogP contribution in [0.4, 0.5) is 0 Å². The fourth-order valence-electron chi connectivity index (χ4n) is 4.80. The van der Waals surface area contributed by atoms with E-state index in [1.807, 2.05) is 42.2 Å². The summed E-state index contributed by atoms with van der Waals surface area (Å²) >= 11 is 0. The monoisotopic (exact) mass is 478 g/mol.